The third-order valence-electron chi connectivity index (χ3n) is 5.56. The highest BCUT2D eigenvalue weighted by Gasteiger charge is 2.32. The van der Waals surface area contributed by atoms with Gasteiger partial charge in [-0.15, -0.1) is 0 Å². The maximum absolute atomic E-state index is 13.2. The Morgan fingerprint density at radius 1 is 1.03 bits per heavy atom. The highest BCUT2D eigenvalue weighted by Crippen LogP contribution is 2.33. The van der Waals surface area contributed by atoms with E-state index in [0.29, 0.717) is 12.5 Å². The third-order valence-corrected chi connectivity index (χ3v) is 5.56. The number of anilines is 1. The molecule has 0 aliphatic carbocycles. The van der Waals surface area contributed by atoms with Gasteiger partial charge in [-0.1, -0.05) is 38.1 Å². The van der Waals surface area contributed by atoms with Gasteiger partial charge in [0.2, 0.25) is 0 Å². The minimum atomic E-state index is -0.113. The number of hydrogen-bond donors (Lipinski definition) is 1. The first-order valence-corrected chi connectivity index (χ1v) is 10.0. The summed E-state index contributed by atoms with van der Waals surface area (Å²) in [5, 5.41) is 3.04. The van der Waals surface area contributed by atoms with Gasteiger partial charge in [0.1, 0.15) is 5.75 Å². The zero-order chi connectivity index (χ0) is 20.4. The van der Waals surface area contributed by atoms with Crippen LogP contribution in [0.5, 0.6) is 5.75 Å². The van der Waals surface area contributed by atoms with E-state index in [1.165, 1.54) is 5.56 Å². The Morgan fingerprint density at radius 2 is 1.76 bits per heavy atom. The number of urea groups is 1. The van der Waals surface area contributed by atoms with Crippen molar-refractivity contribution < 1.29 is 9.53 Å². The third kappa shape index (κ3) is 3.86. The summed E-state index contributed by atoms with van der Waals surface area (Å²) in [5.74, 6) is 1.25. The summed E-state index contributed by atoms with van der Waals surface area (Å²) in [5.41, 5.74) is 4.32. The van der Waals surface area contributed by atoms with E-state index in [9.17, 15) is 4.79 Å². The summed E-state index contributed by atoms with van der Waals surface area (Å²) in [6, 6.07) is 20.0. The molecule has 0 saturated heterocycles. The molecule has 5 heteroatoms. The van der Waals surface area contributed by atoms with E-state index < -0.39 is 0 Å². The number of fused-ring (bicyclic) bond motifs is 1. The van der Waals surface area contributed by atoms with E-state index in [4.69, 9.17) is 4.74 Å². The second-order valence-corrected chi connectivity index (χ2v) is 7.70. The van der Waals surface area contributed by atoms with Crippen molar-refractivity contribution in [2.45, 2.75) is 32.4 Å². The maximum atomic E-state index is 13.2. The number of benzene rings is 2. The fourth-order valence-corrected chi connectivity index (χ4v) is 3.89. The summed E-state index contributed by atoms with van der Waals surface area (Å²) in [7, 11) is 1.63. The van der Waals surface area contributed by atoms with E-state index in [1.807, 2.05) is 29.2 Å². The molecular weight excluding hydrogens is 362 g/mol. The number of rotatable bonds is 4. The second kappa shape index (κ2) is 8.03. The first-order chi connectivity index (χ1) is 14.1. The highest BCUT2D eigenvalue weighted by atomic mass is 16.5. The number of amides is 2. The fraction of sp³-hybridized carbons (Fsp3) is 0.292. The number of methoxy groups -OCH3 is 1. The van der Waals surface area contributed by atoms with Crippen LogP contribution in [0.2, 0.25) is 0 Å². The van der Waals surface area contributed by atoms with Crippen molar-refractivity contribution in [3.8, 4) is 5.75 Å². The van der Waals surface area contributed by atoms with Crippen LogP contribution >= 0.6 is 0 Å². The van der Waals surface area contributed by atoms with Gasteiger partial charge in [0.25, 0.3) is 0 Å². The predicted octanol–water partition coefficient (Wildman–Crippen LogP) is 5.26. The maximum Gasteiger partial charge on any atom is 0.322 e. The molecule has 1 aromatic heterocycles. The van der Waals surface area contributed by atoms with E-state index in [-0.39, 0.29) is 12.1 Å². The largest absolute Gasteiger partial charge is 0.497 e. The van der Waals surface area contributed by atoms with Crippen LogP contribution in [0, 0.1) is 0 Å². The van der Waals surface area contributed by atoms with Crippen LogP contribution in [0.15, 0.2) is 66.9 Å². The average Bonchev–Trinajstić information content (AvgIpc) is 3.22. The molecule has 3 aromatic rings. The van der Waals surface area contributed by atoms with Gasteiger partial charge in [-0.25, -0.2) is 4.79 Å². The number of nitrogens with one attached hydrogen (secondary N) is 1. The topological polar surface area (TPSA) is 46.5 Å². The average molecular weight is 389 g/mol. The van der Waals surface area contributed by atoms with Crippen LogP contribution in [0.25, 0.3) is 0 Å². The molecule has 0 fully saturated rings. The molecule has 0 bridgehead atoms. The minimum Gasteiger partial charge on any atom is -0.497 e. The summed E-state index contributed by atoms with van der Waals surface area (Å²) >= 11 is 0. The zero-order valence-corrected chi connectivity index (χ0v) is 17.1. The number of carbonyl (C=O) groups excluding carboxylic acids is 1. The highest BCUT2D eigenvalue weighted by molar-refractivity contribution is 5.90. The Bertz CT molecular complexity index is 974. The summed E-state index contributed by atoms with van der Waals surface area (Å²) in [6.45, 7) is 5.82. The lowest BCUT2D eigenvalue weighted by atomic mass is 9.96. The van der Waals surface area contributed by atoms with Gasteiger partial charge in [0.15, 0.2) is 0 Å². The predicted molar refractivity (Wildman–Crippen MR) is 116 cm³/mol. The molecule has 4 rings (SSSR count). The van der Waals surface area contributed by atoms with Crippen molar-refractivity contribution in [1.82, 2.24) is 9.47 Å². The second-order valence-electron chi connectivity index (χ2n) is 7.70. The molecule has 0 radical (unpaired) electrons. The van der Waals surface area contributed by atoms with E-state index in [0.717, 1.165) is 29.2 Å². The molecule has 1 atom stereocenters. The Hall–Kier alpha value is -3.21. The normalized spacial score (nSPS) is 15.9. The van der Waals surface area contributed by atoms with Crippen LogP contribution in [0.1, 0.15) is 42.6 Å². The van der Waals surface area contributed by atoms with Crippen molar-refractivity contribution in [2.75, 3.05) is 19.0 Å². The summed E-state index contributed by atoms with van der Waals surface area (Å²) in [6.07, 6.45) is 2.09. The molecule has 0 saturated carbocycles. The SMILES string of the molecule is COc1ccc(NC(=O)N2CCn3cccc3C2c2ccc(C(C)C)cc2)cc1. The van der Waals surface area contributed by atoms with Gasteiger partial charge in [0, 0.05) is 30.7 Å². The molecule has 1 aliphatic rings. The Morgan fingerprint density at radius 3 is 2.41 bits per heavy atom. The van der Waals surface area contributed by atoms with Gasteiger partial charge in [-0.3, -0.25) is 0 Å². The first-order valence-electron chi connectivity index (χ1n) is 10.0. The Balaban J connectivity index is 1.62. The zero-order valence-electron chi connectivity index (χ0n) is 17.1. The van der Waals surface area contributed by atoms with Gasteiger partial charge in [0.05, 0.1) is 13.2 Å². The van der Waals surface area contributed by atoms with Gasteiger partial charge in [-0.05, 0) is 53.4 Å². The molecule has 2 aromatic carbocycles. The van der Waals surface area contributed by atoms with Crippen molar-refractivity contribution in [3.63, 3.8) is 0 Å². The number of aromatic nitrogens is 1. The van der Waals surface area contributed by atoms with Crippen molar-refractivity contribution in [2.24, 2.45) is 0 Å². The summed E-state index contributed by atoms with van der Waals surface area (Å²) < 4.78 is 7.43. The van der Waals surface area contributed by atoms with Crippen molar-refractivity contribution >= 4 is 11.7 Å². The molecular formula is C24H27N3O2. The molecule has 1 N–H and O–H groups in total. The standard InChI is InChI=1S/C24H27N3O2/c1-17(2)18-6-8-19(9-7-18)23-22-5-4-14-26(22)15-16-27(23)24(28)25-20-10-12-21(29-3)13-11-20/h4-14,17,23H,15-16H2,1-3H3,(H,25,28). The number of hydrogen-bond acceptors (Lipinski definition) is 2. The lowest BCUT2D eigenvalue weighted by molar-refractivity contribution is 0.182. The fourth-order valence-electron chi connectivity index (χ4n) is 3.89. The van der Waals surface area contributed by atoms with E-state index in [2.05, 4.69) is 66.3 Å². The molecule has 5 nitrogen and oxygen atoms in total. The van der Waals surface area contributed by atoms with Crippen molar-refractivity contribution in [1.29, 1.82) is 0 Å². The first kappa shape index (κ1) is 19.1. The molecule has 1 unspecified atom stereocenters. The Kier molecular flexibility index (Phi) is 5.30. The molecule has 29 heavy (non-hydrogen) atoms. The van der Waals surface area contributed by atoms with E-state index >= 15 is 0 Å². The summed E-state index contributed by atoms with van der Waals surface area (Å²) in [4.78, 5) is 15.1. The Labute approximate surface area is 171 Å². The van der Waals surface area contributed by atoms with Crippen molar-refractivity contribution in [3.05, 3.63) is 83.7 Å². The molecule has 1 aliphatic heterocycles. The monoisotopic (exact) mass is 389 g/mol. The minimum absolute atomic E-state index is 0.0967. The van der Waals surface area contributed by atoms with E-state index in [1.54, 1.807) is 7.11 Å². The van der Waals surface area contributed by atoms with Crippen LogP contribution in [0.3, 0.4) is 0 Å². The van der Waals surface area contributed by atoms with Crippen LogP contribution < -0.4 is 10.1 Å². The van der Waals surface area contributed by atoms with Crippen LogP contribution in [-0.2, 0) is 6.54 Å². The quantitative estimate of drug-likeness (QED) is 0.662. The lowest BCUT2D eigenvalue weighted by Gasteiger charge is -2.37. The van der Waals surface area contributed by atoms with Crippen LogP contribution in [-0.4, -0.2) is 29.2 Å². The lowest BCUT2D eigenvalue weighted by Crippen LogP contribution is -2.44. The molecule has 150 valence electrons. The van der Waals surface area contributed by atoms with Crippen LogP contribution in [0.4, 0.5) is 10.5 Å². The molecule has 0 spiro atoms. The van der Waals surface area contributed by atoms with Gasteiger partial charge < -0.3 is 19.5 Å². The molecule has 2 amide bonds. The number of ether oxygens (including phenoxy) is 1. The van der Waals surface area contributed by atoms with Gasteiger partial charge in [-0.2, -0.15) is 0 Å². The number of carbonyl (C=O) groups is 1. The van der Waals surface area contributed by atoms with Gasteiger partial charge >= 0.3 is 6.03 Å². The molecule has 2 heterocycles. The number of nitrogens with zero attached hydrogens (tertiary/aromatic N) is 2. The smallest absolute Gasteiger partial charge is 0.322 e.